The van der Waals surface area contributed by atoms with Gasteiger partial charge in [-0.1, -0.05) is 38.2 Å². The van der Waals surface area contributed by atoms with Gasteiger partial charge in [-0.15, -0.1) is 0 Å². The monoisotopic (exact) mass is 277 g/mol. The highest BCUT2D eigenvalue weighted by molar-refractivity contribution is 5.09. The normalized spacial score (nSPS) is 23.7. The zero-order chi connectivity index (χ0) is 13.7. The molecule has 1 aliphatic heterocycles. The fourth-order valence-corrected chi connectivity index (χ4v) is 2.93. The van der Waals surface area contributed by atoms with Crippen LogP contribution < -0.4 is 0 Å². The van der Waals surface area contributed by atoms with Crippen molar-refractivity contribution in [2.24, 2.45) is 5.92 Å². The molecule has 0 aromatic heterocycles. The molecule has 110 valence electrons. The van der Waals surface area contributed by atoms with E-state index < -0.39 is 11.9 Å². The summed E-state index contributed by atoms with van der Waals surface area (Å²) in [7, 11) is 0. The Bertz CT molecular complexity index is 302. The van der Waals surface area contributed by atoms with Crippen molar-refractivity contribution in [3.8, 4) is 0 Å². The van der Waals surface area contributed by atoms with Crippen molar-refractivity contribution < 1.29 is 17.9 Å². The van der Waals surface area contributed by atoms with Crippen LogP contribution in [0.3, 0.4) is 0 Å². The quantitative estimate of drug-likeness (QED) is 0.779. The first-order valence-electron chi connectivity index (χ1n) is 7.17. The van der Waals surface area contributed by atoms with Crippen LogP contribution >= 0.6 is 0 Å². The maximum Gasteiger partial charge on any atom is 0.430 e. The summed E-state index contributed by atoms with van der Waals surface area (Å²) in [5, 5.41) is 0. The van der Waals surface area contributed by atoms with E-state index in [1.165, 1.54) is 17.4 Å². The van der Waals surface area contributed by atoms with Crippen molar-refractivity contribution in [1.82, 2.24) is 4.90 Å². The van der Waals surface area contributed by atoms with E-state index in [0.717, 1.165) is 25.7 Å². The van der Waals surface area contributed by atoms with Gasteiger partial charge in [0.25, 0.3) is 0 Å². The molecule has 5 heteroatoms. The largest absolute Gasteiger partial charge is 0.430 e. The smallest absolute Gasteiger partial charge is 0.378 e. The molecule has 0 amide bonds. The number of rotatable bonds is 3. The fourth-order valence-electron chi connectivity index (χ4n) is 2.93. The van der Waals surface area contributed by atoms with E-state index >= 15 is 0 Å². The standard InChI is InChI=1S/C14H22F3NO/c15-14(16,17)13(18-8-10-19-11-9-18)7-6-12-4-2-1-3-5-12/h7,12H,1-6,8-11H2/b13-7-. The van der Waals surface area contributed by atoms with Gasteiger partial charge in [0.05, 0.1) is 13.2 Å². The number of morpholine rings is 1. The minimum absolute atomic E-state index is 0.343. The molecule has 1 saturated heterocycles. The molecule has 0 spiro atoms. The summed E-state index contributed by atoms with van der Waals surface area (Å²) in [6.07, 6.45) is 3.44. The van der Waals surface area contributed by atoms with Crippen LogP contribution in [0.15, 0.2) is 11.8 Å². The van der Waals surface area contributed by atoms with Crippen LogP contribution in [0.1, 0.15) is 38.5 Å². The highest BCUT2D eigenvalue weighted by atomic mass is 19.4. The van der Waals surface area contributed by atoms with Gasteiger partial charge >= 0.3 is 6.18 Å². The second kappa shape index (κ2) is 6.64. The Morgan fingerprint density at radius 2 is 1.74 bits per heavy atom. The molecule has 1 heterocycles. The number of ether oxygens (including phenoxy) is 1. The molecular formula is C14H22F3NO. The minimum atomic E-state index is -4.24. The van der Waals surface area contributed by atoms with Gasteiger partial charge in [-0.05, 0) is 12.3 Å². The lowest BCUT2D eigenvalue weighted by molar-refractivity contribution is -0.118. The number of halogens is 3. The highest BCUT2D eigenvalue weighted by Crippen LogP contribution is 2.32. The zero-order valence-electron chi connectivity index (χ0n) is 11.2. The van der Waals surface area contributed by atoms with Crippen LogP contribution in [-0.4, -0.2) is 37.4 Å². The van der Waals surface area contributed by atoms with Crippen molar-refractivity contribution in [3.63, 3.8) is 0 Å². The van der Waals surface area contributed by atoms with Gasteiger partial charge in [0.15, 0.2) is 0 Å². The predicted molar refractivity (Wildman–Crippen MR) is 67.7 cm³/mol. The third-order valence-electron chi connectivity index (χ3n) is 4.01. The van der Waals surface area contributed by atoms with E-state index in [9.17, 15) is 13.2 Å². The predicted octanol–water partition coefficient (Wildman–Crippen LogP) is 3.74. The third-order valence-corrected chi connectivity index (χ3v) is 4.01. The number of hydrogen-bond acceptors (Lipinski definition) is 2. The molecule has 2 nitrogen and oxygen atoms in total. The van der Waals surface area contributed by atoms with Gasteiger partial charge in [-0.3, -0.25) is 0 Å². The Morgan fingerprint density at radius 3 is 2.32 bits per heavy atom. The first-order valence-corrected chi connectivity index (χ1v) is 7.17. The van der Waals surface area contributed by atoms with Crippen molar-refractivity contribution in [1.29, 1.82) is 0 Å². The van der Waals surface area contributed by atoms with E-state index in [1.807, 2.05) is 0 Å². The molecule has 2 aliphatic rings. The molecule has 1 saturated carbocycles. The van der Waals surface area contributed by atoms with Crippen molar-refractivity contribution in [3.05, 3.63) is 11.8 Å². The lowest BCUT2D eigenvalue weighted by Gasteiger charge is -2.32. The summed E-state index contributed by atoms with van der Waals surface area (Å²) in [5.41, 5.74) is -0.457. The van der Waals surface area contributed by atoms with Crippen LogP contribution in [0.5, 0.6) is 0 Å². The highest BCUT2D eigenvalue weighted by Gasteiger charge is 2.38. The molecular weight excluding hydrogens is 255 g/mol. The van der Waals surface area contributed by atoms with E-state index in [0.29, 0.717) is 38.6 Å². The molecule has 0 aromatic rings. The second-order valence-electron chi connectivity index (χ2n) is 5.43. The molecule has 0 radical (unpaired) electrons. The summed E-state index contributed by atoms with van der Waals surface area (Å²) >= 11 is 0. The first kappa shape index (κ1) is 14.7. The van der Waals surface area contributed by atoms with E-state index in [-0.39, 0.29) is 0 Å². The topological polar surface area (TPSA) is 12.5 Å². The van der Waals surface area contributed by atoms with Crippen LogP contribution in [-0.2, 0) is 4.74 Å². The molecule has 0 bridgehead atoms. The minimum Gasteiger partial charge on any atom is -0.378 e. The summed E-state index contributed by atoms with van der Waals surface area (Å²) in [4.78, 5) is 1.42. The molecule has 0 atom stereocenters. The van der Waals surface area contributed by atoms with Crippen LogP contribution in [0.2, 0.25) is 0 Å². The number of allylic oxidation sites excluding steroid dienone is 2. The lowest BCUT2D eigenvalue weighted by Crippen LogP contribution is -2.40. The molecule has 0 unspecified atom stereocenters. The summed E-state index contributed by atoms with van der Waals surface area (Å²) in [6.45, 7) is 1.46. The first-order chi connectivity index (χ1) is 9.07. The number of alkyl halides is 3. The fraction of sp³-hybridized carbons (Fsp3) is 0.857. The van der Waals surface area contributed by atoms with Gasteiger partial charge in [-0.25, -0.2) is 0 Å². The van der Waals surface area contributed by atoms with Gasteiger partial charge in [0.2, 0.25) is 0 Å². The zero-order valence-corrected chi connectivity index (χ0v) is 11.2. The van der Waals surface area contributed by atoms with Gasteiger partial charge < -0.3 is 9.64 Å². The average Bonchev–Trinajstić information content (AvgIpc) is 2.40. The molecule has 0 N–H and O–H groups in total. The van der Waals surface area contributed by atoms with Gasteiger partial charge in [-0.2, -0.15) is 13.2 Å². The maximum atomic E-state index is 13.1. The second-order valence-corrected chi connectivity index (χ2v) is 5.43. The van der Waals surface area contributed by atoms with Gasteiger partial charge in [0.1, 0.15) is 5.70 Å². The molecule has 1 aliphatic carbocycles. The molecule has 19 heavy (non-hydrogen) atoms. The molecule has 2 fully saturated rings. The van der Waals surface area contributed by atoms with E-state index in [2.05, 4.69) is 0 Å². The number of hydrogen-bond donors (Lipinski definition) is 0. The Morgan fingerprint density at radius 1 is 1.11 bits per heavy atom. The number of nitrogens with zero attached hydrogens (tertiary/aromatic N) is 1. The van der Waals surface area contributed by atoms with E-state index in [1.54, 1.807) is 0 Å². The Labute approximate surface area is 112 Å². The lowest BCUT2D eigenvalue weighted by atomic mass is 9.87. The summed E-state index contributed by atoms with van der Waals surface area (Å²) < 4.78 is 44.4. The Kier molecular flexibility index (Phi) is 5.13. The molecule has 2 rings (SSSR count). The SMILES string of the molecule is FC(F)(F)/C(=C/CC1CCCCC1)N1CCOCC1. The average molecular weight is 277 g/mol. The summed E-state index contributed by atoms with van der Waals surface area (Å²) in [5.74, 6) is 0.437. The molecule has 0 aromatic carbocycles. The Hall–Kier alpha value is -0.710. The van der Waals surface area contributed by atoms with Crippen LogP contribution in [0.25, 0.3) is 0 Å². The van der Waals surface area contributed by atoms with Gasteiger partial charge in [0, 0.05) is 13.1 Å². The van der Waals surface area contributed by atoms with E-state index in [4.69, 9.17) is 4.74 Å². The van der Waals surface area contributed by atoms with Crippen LogP contribution in [0.4, 0.5) is 13.2 Å². The summed E-state index contributed by atoms with van der Waals surface area (Å²) in [6, 6.07) is 0. The third kappa shape index (κ3) is 4.41. The van der Waals surface area contributed by atoms with Crippen molar-refractivity contribution >= 4 is 0 Å². The van der Waals surface area contributed by atoms with Crippen molar-refractivity contribution in [2.45, 2.75) is 44.7 Å². The van der Waals surface area contributed by atoms with Crippen molar-refractivity contribution in [2.75, 3.05) is 26.3 Å². The maximum absolute atomic E-state index is 13.1. The Balaban J connectivity index is 1.99. The van der Waals surface area contributed by atoms with Crippen LogP contribution in [0, 0.1) is 5.92 Å².